The van der Waals surface area contributed by atoms with E-state index < -0.39 is 5.60 Å². The second-order valence-electron chi connectivity index (χ2n) is 5.76. The van der Waals surface area contributed by atoms with Crippen LogP contribution in [0.15, 0.2) is 17.1 Å². The summed E-state index contributed by atoms with van der Waals surface area (Å²) in [6, 6.07) is 0.457. The maximum Gasteiger partial charge on any atom is 0.191 e. The van der Waals surface area contributed by atoms with Gasteiger partial charge in [-0.05, 0) is 32.6 Å². The maximum absolute atomic E-state index is 10.5. The molecule has 0 atom stereocenters. The lowest BCUT2D eigenvalue weighted by Gasteiger charge is -2.30. The second-order valence-corrected chi connectivity index (χ2v) is 5.76. The first-order valence-corrected chi connectivity index (χ1v) is 7.64. The van der Waals surface area contributed by atoms with Crippen LogP contribution in [0.3, 0.4) is 0 Å². The highest BCUT2D eigenvalue weighted by Gasteiger charge is 2.29. The minimum atomic E-state index is -0.575. The number of nitrogens with zero attached hydrogens (tertiary/aromatic N) is 1. The van der Waals surface area contributed by atoms with Crippen molar-refractivity contribution in [2.45, 2.75) is 63.5 Å². The lowest BCUT2D eigenvalue weighted by molar-refractivity contribution is 0.0131. The zero-order valence-electron chi connectivity index (χ0n) is 12.0. The normalized spacial score (nSPS) is 23.6. The Labute approximate surface area is 116 Å². The Balaban J connectivity index is 1.87. The molecule has 2 aliphatic rings. The van der Waals surface area contributed by atoms with E-state index in [4.69, 9.17) is 0 Å². The number of nitrogens with one attached hydrogen (secondary N) is 2. The topological polar surface area (TPSA) is 56.7 Å². The zero-order chi connectivity index (χ0) is 13.6. The molecule has 0 spiro atoms. The summed E-state index contributed by atoms with van der Waals surface area (Å²) in [6.07, 6.45) is 11.8. The molecule has 1 saturated carbocycles. The summed E-state index contributed by atoms with van der Waals surface area (Å²) < 4.78 is 0. The lowest BCUT2D eigenvalue weighted by Crippen LogP contribution is -2.44. The molecule has 108 valence electrons. The van der Waals surface area contributed by atoms with Crippen LogP contribution in [0.4, 0.5) is 0 Å². The number of guanidine groups is 1. The summed E-state index contributed by atoms with van der Waals surface area (Å²) in [5.74, 6) is 0.843. The number of hydrogen-bond donors (Lipinski definition) is 3. The summed E-state index contributed by atoms with van der Waals surface area (Å²) in [5, 5.41) is 17.2. The van der Waals surface area contributed by atoms with E-state index in [-0.39, 0.29) is 0 Å². The van der Waals surface area contributed by atoms with Gasteiger partial charge in [0.25, 0.3) is 0 Å². The Morgan fingerprint density at radius 3 is 2.58 bits per heavy atom. The molecule has 0 radical (unpaired) electrons. The molecule has 3 N–H and O–H groups in total. The van der Waals surface area contributed by atoms with Crippen molar-refractivity contribution in [1.29, 1.82) is 0 Å². The largest absolute Gasteiger partial charge is 0.388 e. The third-order valence-corrected chi connectivity index (χ3v) is 4.01. The molecule has 2 aliphatic carbocycles. The van der Waals surface area contributed by atoms with Crippen molar-refractivity contribution in [3.63, 3.8) is 0 Å². The van der Waals surface area contributed by atoms with Crippen molar-refractivity contribution in [2.24, 2.45) is 4.99 Å². The Bertz CT molecular complexity index is 324. The molecule has 0 aliphatic heterocycles. The second kappa shape index (κ2) is 6.94. The Kier molecular flexibility index (Phi) is 5.25. The molecule has 0 heterocycles. The number of hydrogen-bond acceptors (Lipinski definition) is 2. The van der Waals surface area contributed by atoms with Gasteiger partial charge in [0.1, 0.15) is 0 Å². The van der Waals surface area contributed by atoms with Gasteiger partial charge in [-0.15, -0.1) is 0 Å². The third-order valence-electron chi connectivity index (χ3n) is 4.01. The molecule has 0 aromatic heterocycles. The molecule has 19 heavy (non-hydrogen) atoms. The lowest BCUT2D eigenvalue weighted by atomic mass is 9.85. The van der Waals surface area contributed by atoms with Crippen LogP contribution in [0.25, 0.3) is 0 Å². The van der Waals surface area contributed by atoms with Crippen molar-refractivity contribution < 1.29 is 5.11 Å². The molecule has 4 nitrogen and oxygen atoms in total. The van der Waals surface area contributed by atoms with Gasteiger partial charge < -0.3 is 15.7 Å². The third kappa shape index (κ3) is 4.53. The van der Waals surface area contributed by atoms with Gasteiger partial charge >= 0.3 is 0 Å². The summed E-state index contributed by atoms with van der Waals surface area (Å²) in [6.45, 7) is 3.44. The van der Waals surface area contributed by atoms with E-state index in [2.05, 4.69) is 34.7 Å². The van der Waals surface area contributed by atoms with Crippen LogP contribution in [0.1, 0.15) is 51.9 Å². The van der Waals surface area contributed by atoms with E-state index in [1.54, 1.807) is 0 Å². The molecule has 0 aromatic carbocycles. The summed E-state index contributed by atoms with van der Waals surface area (Å²) in [4.78, 5) is 4.59. The molecule has 0 unspecified atom stereocenters. The zero-order valence-corrected chi connectivity index (χ0v) is 12.0. The number of aliphatic hydroxyl groups is 1. The number of rotatable bonds is 4. The maximum atomic E-state index is 10.5. The highest BCUT2D eigenvalue weighted by molar-refractivity contribution is 5.80. The molecule has 0 bridgehead atoms. The smallest absolute Gasteiger partial charge is 0.191 e. The fourth-order valence-corrected chi connectivity index (χ4v) is 2.84. The summed E-state index contributed by atoms with van der Waals surface area (Å²) in [5.41, 5.74) is -0.575. The first kappa shape index (κ1) is 14.4. The van der Waals surface area contributed by atoms with Gasteiger partial charge in [0.05, 0.1) is 12.1 Å². The molecular formula is C15H27N3O. The van der Waals surface area contributed by atoms with Crippen molar-refractivity contribution >= 4 is 5.96 Å². The molecule has 1 fully saturated rings. The average Bonchev–Trinajstić information content (AvgIpc) is 2.90. The van der Waals surface area contributed by atoms with Crippen LogP contribution in [0, 0.1) is 0 Å². The van der Waals surface area contributed by atoms with Crippen molar-refractivity contribution in [3.8, 4) is 0 Å². The Morgan fingerprint density at radius 1 is 1.26 bits per heavy atom. The van der Waals surface area contributed by atoms with Crippen LogP contribution in [-0.2, 0) is 0 Å². The van der Waals surface area contributed by atoms with E-state index in [9.17, 15) is 5.11 Å². The highest BCUT2D eigenvalue weighted by Crippen LogP contribution is 2.28. The van der Waals surface area contributed by atoms with Gasteiger partial charge in [-0.1, -0.05) is 31.4 Å². The Morgan fingerprint density at radius 2 is 1.95 bits per heavy atom. The fourth-order valence-electron chi connectivity index (χ4n) is 2.84. The summed E-state index contributed by atoms with van der Waals surface area (Å²) >= 11 is 0. The van der Waals surface area contributed by atoms with Crippen molar-refractivity contribution in [2.75, 3.05) is 13.1 Å². The van der Waals surface area contributed by atoms with Gasteiger partial charge in [-0.2, -0.15) is 0 Å². The summed E-state index contributed by atoms with van der Waals surface area (Å²) in [7, 11) is 0. The highest BCUT2D eigenvalue weighted by atomic mass is 16.3. The van der Waals surface area contributed by atoms with Gasteiger partial charge in [0.15, 0.2) is 5.96 Å². The molecule has 4 heteroatoms. The van der Waals surface area contributed by atoms with Crippen LogP contribution < -0.4 is 10.6 Å². The minimum Gasteiger partial charge on any atom is -0.388 e. The first-order chi connectivity index (χ1) is 9.22. The van der Waals surface area contributed by atoms with Crippen molar-refractivity contribution in [3.05, 3.63) is 12.2 Å². The minimum absolute atomic E-state index is 0.457. The van der Waals surface area contributed by atoms with Gasteiger partial charge in [-0.25, -0.2) is 0 Å². The Hall–Kier alpha value is -1.03. The quantitative estimate of drug-likeness (QED) is 0.414. The van der Waals surface area contributed by atoms with Gasteiger partial charge in [0, 0.05) is 12.6 Å². The van der Waals surface area contributed by atoms with Gasteiger partial charge in [-0.3, -0.25) is 4.99 Å². The van der Waals surface area contributed by atoms with E-state index in [1.165, 1.54) is 6.42 Å². The molecule has 0 saturated heterocycles. The fraction of sp³-hybridized carbons (Fsp3) is 0.800. The standard InChI is InChI=1S/C15H27N3O/c1-2-16-14(18-13-8-4-5-9-13)17-12-15(19)10-6-3-7-11-15/h4-5,13,19H,2-3,6-12H2,1H3,(H2,16,17,18). The monoisotopic (exact) mass is 265 g/mol. The SMILES string of the molecule is CCNC(=NCC1(O)CCCCC1)NC1CC=CC1. The van der Waals surface area contributed by atoms with E-state index in [1.807, 2.05) is 0 Å². The predicted octanol–water partition coefficient (Wildman–Crippen LogP) is 1.96. The van der Waals surface area contributed by atoms with Crippen LogP contribution in [-0.4, -0.2) is 35.8 Å². The number of aliphatic imine (C=N–C) groups is 1. The molecule has 0 aromatic rings. The average molecular weight is 265 g/mol. The van der Waals surface area contributed by atoms with Crippen LogP contribution >= 0.6 is 0 Å². The van der Waals surface area contributed by atoms with Crippen molar-refractivity contribution in [1.82, 2.24) is 10.6 Å². The predicted molar refractivity (Wildman–Crippen MR) is 79.3 cm³/mol. The van der Waals surface area contributed by atoms with Crippen LogP contribution in [0.2, 0.25) is 0 Å². The van der Waals surface area contributed by atoms with Gasteiger partial charge in [0.2, 0.25) is 0 Å². The van der Waals surface area contributed by atoms with E-state index in [0.717, 1.165) is 51.0 Å². The first-order valence-electron chi connectivity index (χ1n) is 7.64. The van der Waals surface area contributed by atoms with Crippen LogP contribution in [0.5, 0.6) is 0 Å². The molecule has 2 rings (SSSR count). The van der Waals surface area contributed by atoms with E-state index in [0.29, 0.717) is 12.6 Å². The van der Waals surface area contributed by atoms with E-state index >= 15 is 0 Å². The molecular weight excluding hydrogens is 238 g/mol. The molecule has 0 amide bonds.